The molecule has 1 aliphatic heterocycles. The summed E-state index contributed by atoms with van der Waals surface area (Å²) in [7, 11) is 0. The lowest BCUT2D eigenvalue weighted by atomic mass is 10.1. The molecule has 0 saturated heterocycles. The van der Waals surface area contributed by atoms with Crippen LogP contribution in [-0.2, 0) is 22.4 Å². The second kappa shape index (κ2) is 7.50. The van der Waals surface area contributed by atoms with Crippen LogP contribution in [0.3, 0.4) is 0 Å². The van der Waals surface area contributed by atoms with Gasteiger partial charge in [0.05, 0.1) is 12.1 Å². The van der Waals surface area contributed by atoms with Crippen LogP contribution in [0, 0.1) is 12.7 Å². The van der Waals surface area contributed by atoms with E-state index in [2.05, 4.69) is 10.3 Å². The first-order valence-electron chi connectivity index (χ1n) is 9.34. The summed E-state index contributed by atoms with van der Waals surface area (Å²) in [6.07, 6.45) is 0.859. The molecule has 0 aliphatic carbocycles. The first kappa shape index (κ1) is 18.9. The van der Waals surface area contributed by atoms with Crippen LogP contribution in [0.2, 0.25) is 0 Å². The number of halogens is 1. The first-order valence-corrected chi connectivity index (χ1v) is 9.34. The van der Waals surface area contributed by atoms with Gasteiger partial charge in [0.25, 0.3) is 0 Å². The van der Waals surface area contributed by atoms with Crippen molar-refractivity contribution in [2.24, 2.45) is 0 Å². The van der Waals surface area contributed by atoms with E-state index in [-0.39, 0.29) is 24.1 Å². The molecule has 0 atom stereocenters. The minimum Gasteiger partial charge on any atom is -0.441 e. The van der Waals surface area contributed by atoms with Gasteiger partial charge < -0.3 is 14.6 Å². The van der Waals surface area contributed by atoms with Crippen molar-refractivity contribution in [1.82, 2.24) is 4.98 Å². The van der Waals surface area contributed by atoms with Gasteiger partial charge in [-0.25, -0.2) is 9.37 Å². The Bertz CT molecular complexity index is 1090. The fourth-order valence-corrected chi connectivity index (χ4v) is 3.45. The van der Waals surface area contributed by atoms with Crippen LogP contribution in [0.4, 0.5) is 15.8 Å². The van der Waals surface area contributed by atoms with Crippen molar-refractivity contribution in [2.75, 3.05) is 16.8 Å². The van der Waals surface area contributed by atoms with E-state index in [9.17, 15) is 14.0 Å². The minimum atomic E-state index is -0.339. The third kappa shape index (κ3) is 3.89. The van der Waals surface area contributed by atoms with Gasteiger partial charge in [0.1, 0.15) is 11.6 Å². The van der Waals surface area contributed by atoms with E-state index in [0.717, 1.165) is 17.7 Å². The summed E-state index contributed by atoms with van der Waals surface area (Å²) in [5.41, 5.74) is 3.72. The third-order valence-electron chi connectivity index (χ3n) is 4.96. The Morgan fingerprint density at radius 2 is 1.97 bits per heavy atom. The van der Waals surface area contributed by atoms with Crippen LogP contribution in [0.15, 0.2) is 46.9 Å². The van der Waals surface area contributed by atoms with Crippen molar-refractivity contribution in [1.29, 1.82) is 0 Å². The number of hydrogen-bond donors (Lipinski definition) is 1. The number of carbonyl (C=O) groups is 2. The largest absolute Gasteiger partial charge is 0.441 e. The number of nitrogens with zero attached hydrogens (tertiary/aromatic N) is 2. The van der Waals surface area contributed by atoms with Crippen LogP contribution in [0.25, 0.3) is 11.5 Å². The van der Waals surface area contributed by atoms with Crippen LogP contribution < -0.4 is 10.2 Å². The summed E-state index contributed by atoms with van der Waals surface area (Å²) < 4.78 is 18.7. The van der Waals surface area contributed by atoms with E-state index in [1.54, 1.807) is 24.0 Å². The Morgan fingerprint density at radius 1 is 1.21 bits per heavy atom. The molecule has 1 aliphatic rings. The number of aromatic nitrogens is 1. The monoisotopic (exact) mass is 393 g/mol. The predicted molar refractivity (Wildman–Crippen MR) is 107 cm³/mol. The highest BCUT2D eigenvalue weighted by atomic mass is 19.1. The number of benzene rings is 2. The lowest BCUT2D eigenvalue weighted by molar-refractivity contribution is -0.116. The van der Waals surface area contributed by atoms with Gasteiger partial charge in [-0.1, -0.05) is 6.07 Å². The van der Waals surface area contributed by atoms with Gasteiger partial charge in [-0.3, -0.25) is 9.59 Å². The summed E-state index contributed by atoms with van der Waals surface area (Å²) in [4.78, 5) is 30.4. The number of oxazole rings is 1. The topological polar surface area (TPSA) is 75.4 Å². The Morgan fingerprint density at radius 3 is 2.69 bits per heavy atom. The molecule has 1 aromatic heterocycles. The molecular weight excluding hydrogens is 373 g/mol. The molecule has 0 radical (unpaired) electrons. The summed E-state index contributed by atoms with van der Waals surface area (Å²) in [6, 6.07) is 11.4. The number of rotatable bonds is 4. The van der Waals surface area contributed by atoms with Crippen molar-refractivity contribution in [3.63, 3.8) is 0 Å². The number of hydrogen-bond acceptors (Lipinski definition) is 4. The fourth-order valence-electron chi connectivity index (χ4n) is 3.45. The van der Waals surface area contributed by atoms with E-state index < -0.39 is 0 Å². The molecule has 2 heterocycles. The quantitative estimate of drug-likeness (QED) is 0.730. The highest BCUT2D eigenvalue weighted by Gasteiger charge is 2.23. The Kier molecular flexibility index (Phi) is 4.88. The van der Waals surface area contributed by atoms with Crippen LogP contribution in [0.5, 0.6) is 0 Å². The van der Waals surface area contributed by atoms with Crippen molar-refractivity contribution in [3.05, 3.63) is 65.3 Å². The SMILES string of the molecule is CC(=O)N1CCc2ccc(NC(=O)Cc3nc(-c4ccc(F)cc4)oc3C)cc21. The molecule has 0 saturated carbocycles. The highest BCUT2D eigenvalue weighted by Crippen LogP contribution is 2.31. The molecule has 0 bridgehead atoms. The molecule has 148 valence electrons. The number of amides is 2. The molecule has 6 nitrogen and oxygen atoms in total. The molecule has 4 rings (SSSR count). The lowest BCUT2D eigenvalue weighted by Crippen LogP contribution is -2.25. The summed E-state index contributed by atoms with van der Waals surface area (Å²) >= 11 is 0. The third-order valence-corrected chi connectivity index (χ3v) is 4.96. The van der Waals surface area contributed by atoms with Crippen LogP contribution >= 0.6 is 0 Å². The van der Waals surface area contributed by atoms with E-state index in [1.807, 2.05) is 18.2 Å². The number of carbonyl (C=O) groups excluding carboxylic acids is 2. The second-order valence-corrected chi connectivity index (χ2v) is 7.02. The zero-order chi connectivity index (χ0) is 20.5. The lowest BCUT2D eigenvalue weighted by Gasteiger charge is -2.15. The van der Waals surface area contributed by atoms with Crippen molar-refractivity contribution >= 4 is 23.2 Å². The average molecular weight is 393 g/mol. The maximum Gasteiger partial charge on any atom is 0.230 e. The van der Waals surface area contributed by atoms with E-state index in [1.165, 1.54) is 19.1 Å². The number of anilines is 2. The van der Waals surface area contributed by atoms with E-state index in [0.29, 0.717) is 35.1 Å². The molecule has 0 fully saturated rings. The van der Waals surface area contributed by atoms with Gasteiger partial charge >= 0.3 is 0 Å². The molecule has 0 spiro atoms. The van der Waals surface area contributed by atoms with Gasteiger partial charge in [0.2, 0.25) is 17.7 Å². The zero-order valence-electron chi connectivity index (χ0n) is 16.2. The van der Waals surface area contributed by atoms with Gasteiger partial charge in [-0.05, 0) is 55.3 Å². The van der Waals surface area contributed by atoms with E-state index >= 15 is 0 Å². The second-order valence-electron chi connectivity index (χ2n) is 7.02. The molecule has 0 unspecified atom stereocenters. The van der Waals surface area contributed by atoms with E-state index in [4.69, 9.17) is 4.42 Å². The van der Waals surface area contributed by atoms with Crippen molar-refractivity contribution in [3.8, 4) is 11.5 Å². The van der Waals surface area contributed by atoms with Gasteiger partial charge in [0, 0.05) is 30.4 Å². The smallest absolute Gasteiger partial charge is 0.230 e. The number of fused-ring (bicyclic) bond motifs is 1. The first-order chi connectivity index (χ1) is 13.9. The molecular formula is C22H20FN3O3. The van der Waals surface area contributed by atoms with Gasteiger partial charge in [-0.15, -0.1) is 0 Å². The maximum absolute atomic E-state index is 13.1. The molecule has 3 aromatic rings. The van der Waals surface area contributed by atoms with Crippen molar-refractivity contribution < 1.29 is 18.4 Å². The Balaban J connectivity index is 1.48. The average Bonchev–Trinajstić information content (AvgIpc) is 3.26. The zero-order valence-corrected chi connectivity index (χ0v) is 16.2. The van der Waals surface area contributed by atoms with Crippen LogP contribution in [-0.4, -0.2) is 23.3 Å². The number of aryl methyl sites for hydroxylation is 1. The summed E-state index contributed by atoms with van der Waals surface area (Å²) in [5, 5.41) is 2.86. The van der Waals surface area contributed by atoms with Gasteiger partial charge in [0.15, 0.2) is 0 Å². The Labute approximate surface area is 167 Å². The molecule has 1 N–H and O–H groups in total. The molecule has 2 amide bonds. The number of nitrogens with one attached hydrogen (secondary N) is 1. The molecule has 7 heteroatoms. The fraction of sp³-hybridized carbons (Fsp3) is 0.227. The molecule has 2 aromatic carbocycles. The minimum absolute atomic E-state index is 0.0150. The van der Waals surface area contributed by atoms with Gasteiger partial charge in [-0.2, -0.15) is 0 Å². The standard InChI is InChI=1S/C22H20FN3O3/c1-13-19(25-22(29-13)16-3-6-17(23)7-4-16)12-21(28)24-18-8-5-15-9-10-26(14(2)27)20(15)11-18/h3-8,11H,9-10,12H2,1-2H3,(H,24,28). The van der Waals surface area contributed by atoms with Crippen LogP contribution in [0.1, 0.15) is 23.9 Å². The highest BCUT2D eigenvalue weighted by molar-refractivity contribution is 5.97. The molecule has 29 heavy (non-hydrogen) atoms. The normalized spacial score (nSPS) is 12.7. The summed E-state index contributed by atoms with van der Waals surface area (Å²) in [5.74, 6) is 0.295. The van der Waals surface area contributed by atoms with Crippen molar-refractivity contribution in [2.45, 2.75) is 26.7 Å². The maximum atomic E-state index is 13.1. The summed E-state index contributed by atoms with van der Waals surface area (Å²) in [6.45, 7) is 3.93. The Hall–Kier alpha value is -3.48. The predicted octanol–water partition coefficient (Wildman–Crippen LogP) is 3.88.